The minimum Gasteiger partial charge on any atom is -0.393 e. The molecule has 0 amide bonds. The fourth-order valence-electron chi connectivity index (χ4n) is 3.58. The summed E-state index contributed by atoms with van der Waals surface area (Å²) in [7, 11) is -3.05. The molecule has 1 saturated heterocycles. The SMILES string of the molecule is CC(C)(C)S(=O)(=O)CCN1CCCC1C1CCCC1O. The Morgan fingerprint density at radius 1 is 1.15 bits per heavy atom. The first kappa shape index (κ1) is 16.2. The van der Waals surface area contributed by atoms with Crippen LogP contribution in [0.25, 0.3) is 0 Å². The summed E-state index contributed by atoms with van der Waals surface area (Å²) in [5.41, 5.74) is 0. The summed E-state index contributed by atoms with van der Waals surface area (Å²) in [6.45, 7) is 6.90. The zero-order chi connectivity index (χ0) is 15.0. The highest BCUT2D eigenvalue weighted by molar-refractivity contribution is 7.92. The molecule has 2 aliphatic rings. The standard InChI is InChI=1S/C15H29NO3S/c1-15(2,3)20(18,19)11-10-16-9-5-7-13(16)12-6-4-8-14(12)17/h12-14,17H,4-11H2,1-3H3. The Labute approximate surface area is 123 Å². The van der Waals surface area contributed by atoms with Crippen molar-refractivity contribution in [1.29, 1.82) is 0 Å². The number of rotatable bonds is 4. The quantitative estimate of drug-likeness (QED) is 0.861. The lowest BCUT2D eigenvalue weighted by Gasteiger charge is -2.32. The lowest BCUT2D eigenvalue weighted by Crippen LogP contribution is -2.43. The fourth-order valence-corrected chi connectivity index (χ4v) is 4.66. The fraction of sp³-hybridized carbons (Fsp3) is 1.00. The Morgan fingerprint density at radius 3 is 2.40 bits per heavy atom. The smallest absolute Gasteiger partial charge is 0.156 e. The van der Waals surface area contributed by atoms with Crippen LogP contribution in [0.15, 0.2) is 0 Å². The lowest BCUT2D eigenvalue weighted by atomic mass is 9.94. The molecule has 3 atom stereocenters. The molecule has 0 bridgehead atoms. The monoisotopic (exact) mass is 303 g/mol. The molecule has 0 radical (unpaired) electrons. The molecule has 0 aromatic carbocycles. The topological polar surface area (TPSA) is 57.6 Å². The van der Waals surface area contributed by atoms with E-state index in [4.69, 9.17) is 0 Å². The van der Waals surface area contributed by atoms with Gasteiger partial charge in [0.25, 0.3) is 0 Å². The van der Waals surface area contributed by atoms with Crippen molar-refractivity contribution in [3.8, 4) is 0 Å². The highest BCUT2D eigenvalue weighted by Gasteiger charge is 2.39. The minimum absolute atomic E-state index is 0.181. The third kappa shape index (κ3) is 3.37. The van der Waals surface area contributed by atoms with Crippen LogP contribution in [0.2, 0.25) is 0 Å². The van der Waals surface area contributed by atoms with E-state index in [-0.39, 0.29) is 11.9 Å². The molecule has 0 aromatic rings. The molecule has 1 saturated carbocycles. The summed E-state index contributed by atoms with van der Waals surface area (Å²) >= 11 is 0. The maximum atomic E-state index is 12.2. The van der Waals surface area contributed by atoms with Gasteiger partial charge in [0.2, 0.25) is 0 Å². The average Bonchev–Trinajstić information content (AvgIpc) is 2.92. The van der Waals surface area contributed by atoms with Gasteiger partial charge in [0.1, 0.15) is 0 Å². The Morgan fingerprint density at radius 2 is 1.85 bits per heavy atom. The Balaban J connectivity index is 1.95. The molecular formula is C15H29NO3S. The van der Waals surface area contributed by atoms with Gasteiger partial charge in [-0.25, -0.2) is 8.42 Å². The first-order chi connectivity index (χ1) is 9.22. The highest BCUT2D eigenvalue weighted by Crippen LogP contribution is 2.35. The molecule has 118 valence electrons. The zero-order valence-corrected chi connectivity index (χ0v) is 13.8. The third-order valence-electron chi connectivity index (χ3n) is 5.02. The van der Waals surface area contributed by atoms with E-state index >= 15 is 0 Å². The molecule has 1 aliphatic carbocycles. The van der Waals surface area contributed by atoms with Gasteiger partial charge in [-0.3, -0.25) is 4.90 Å². The van der Waals surface area contributed by atoms with Crippen molar-refractivity contribution in [2.45, 2.75) is 69.8 Å². The summed E-state index contributed by atoms with van der Waals surface area (Å²) in [6, 6.07) is 0.391. The van der Waals surface area contributed by atoms with Gasteiger partial charge < -0.3 is 5.11 Å². The first-order valence-electron chi connectivity index (χ1n) is 7.87. The molecular weight excluding hydrogens is 274 g/mol. The Bertz CT molecular complexity index is 427. The summed E-state index contributed by atoms with van der Waals surface area (Å²) in [4.78, 5) is 2.31. The van der Waals surface area contributed by atoms with E-state index in [1.807, 2.05) is 0 Å². The zero-order valence-electron chi connectivity index (χ0n) is 13.0. The molecule has 0 spiro atoms. The molecule has 1 N–H and O–H groups in total. The van der Waals surface area contributed by atoms with Crippen LogP contribution in [0, 0.1) is 5.92 Å². The van der Waals surface area contributed by atoms with Crippen LogP contribution in [0.1, 0.15) is 52.9 Å². The number of aliphatic hydroxyl groups excluding tert-OH is 1. The number of aliphatic hydroxyl groups is 1. The van der Waals surface area contributed by atoms with Gasteiger partial charge in [-0.15, -0.1) is 0 Å². The number of nitrogens with zero attached hydrogens (tertiary/aromatic N) is 1. The average molecular weight is 303 g/mol. The van der Waals surface area contributed by atoms with Gasteiger partial charge in [0, 0.05) is 18.5 Å². The van der Waals surface area contributed by atoms with Crippen LogP contribution >= 0.6 is 0 Å². The maximum absolute atomic E-state index is 12.2. The summed E-state index contributed by atoms with van der Waals surface area (Å²) in [5, 5.41) is 10.1. The molecule has 2 rings (SSSR count). The molecule has 1 aliphatic heterocycles. The number of hydrogen-bond acceptors (Lipinski definition) is 4. The lowest BCUT2D eigenvalue weighted by molar-refractivity contribution is 0.0770. The minimum atomic E-state index is -3.05. The van der Waals surface area contributed by atoms with E-state index in [2.05, 4.69) is 4.90 Å². The molecule has 1 heterocycles. The number of sulfone groups is 1. The second-order valence-electron chi connectivity index (χ2n) is 7.34. The predicted molar refractivity (Wildman–Crippen MR) is 81.5 cm³/mol. The Hall–Kier alpha value is -0.130. The van der Waals surface area contributed by atoms with Gasteiger partial charge >= 0.3 is 0 Å². The van der Waals surface area contributed by atoms with Gasteiger partial charge in [-0.2, -0.15) is 0 Å². The second kappa shape index (κ2) is 5.93. The first-order valence-corrected chi connectivity index (χ1v) is 9.52. The van der Waals surface area contributed by atoms with Crippen LogP contribution in [0.3, 0.4) is 0 Å². The van der Waals surface area contributed by atoms with Gasteiger partial charge in [0.05, 0.1) is 16.6 Å². The van der Waals surface area contributed by atoms with E-state index in [0.717, 1.165) is 38.6 Å². The highest BCUT2D eigenvalue weighted by atomic mass is 32.2. The van der Waals surface area contributed by atoms with E-state index in [1.54, 1.807) is 20.8 Å². The largest absolute Gasteiger partial charge is 0.393 e. The second-order valence-corrected chi connectivity index (χ2v) is 10.2. The van der Waals surface area contributed by atoms with Crippen LogP contribution in [0.5, 0.6) is 0 Å². The maximum Gasteiger partial charge on any atom is 0.156 e. The summed E-state index contributed by atoms with van der Waals surface area (Å²) < 4.78 is 23.8. The van der Waals surface area contributed by atoms with Crippen LogP contribution < -0.4 is 0 Å². The van der Waals surface area contributed by atoms with Crippen molar-refractivity contribution in [3.05, 3.63) is 0 Å². The molecule has 4 nitrogen and oxygen atoms in total. The van der Waals surface area contributed by atoms with Crippen LogP contribution in [-0.2, 0) is 9.84 Å². The van der Waals surface area contributed by atoms with E-state index < -0.39 is 14.6 Å². The normalized spacial score (nSPS) is 32.9. The predicted octanol–water partition coefficient (Wildman–Crippen LogP) is 1.83. The van der Waals surface area contributed by atoms with E-state index in [0.29, 0.717) is 18.5 Å². The van der Waals surface area contributed by atoms with Crippen molar-refractivity contribution < 1.29 is 13.5 Å². The van der Waals surface area contributed by atoms with Crippen LogP contribution in [-0.4, -0.2) is 54.2 Å². The molecule has 2 fully saturated rings. The molecule has 20 heavy (non-hydrogen) atoms. The molecule has 0 aromatic heterocycles. The number of likely N-dealkylation sites (tertiary alicyclic amines) is 1. The van der Waals surface area contributed by atoms with E-state index in [1.165, 1.54) is 0 Å². The van der Waals surface area contributed by atoms with Crippen LogP contribution in [0.4, 0.5) is 0 Å². The summed E-state index contributed by atoms with van der Waals surface area (Å²) in [5.74, 6) is 0.588. The van der Waals surface area contributed by atoms with Crippen molar-refractivity contribution in [3.63, 3.8) is 0 Å². The summed E-state index contributed by atoms with van der Waals surface area (Å²) in [6.07, 6.45) is 5.17. The van der Waals surface area contributed by atoms with Crippen molar-refractivity contribution in [2.24, 2.45) is 5.92 Å². The van der Waals surface area contributed by atoms with Crippen molar-refractivity contribution >= 4 is 9.84 Å². The van der Waals surface area contributed by atoms with Gasteiger partial charge in [-0.1, -0.05) is 6.42 Å². The number of hydrogen-bond donors (Lipinski definition) is 1. The van der Waals surface area contributed by atoms with Gasteiger partial charge in [-0.05, 0) is 53.0 Å². The molecule has 3 unspecified atom stereocenters. The van der Waals surface area contributed by atoms with E-state index in [9.17, 15) is 13.5 Å². The van der Waals surface area contributed by atoms with Crippen molar-refractivity contribution in [2.75, 3.05) is 18.8 Å². The third-order valence-corrected chi connectivity index (χ3v) is 7.61. The Kier molecular flexibility index (Phi) is 4.82. The molecule has 5 heteroatoms. The van der Waals surface area contributed by atoms with Crippen molar-refractivity contribution in [1.82, 2.24) is 4.90 Å². The van der Waals surface area contributed by atoms with Gasteiger partial charge in [0.15, 0.2) is 9.84 Å².